The normalized spacial score (nSPS) is 17.2. The number of hydrogen-bond donors (Lipinski definition) is 1. The van der Waals surface area contributed by atoms with Crippen LogP contribution in [-0.4, -0.2) is 77.3 Å². The van der Waals surface area contributed by atoms with Crippen LogP contribution < -0.4 is 5.32 Å². The molecule has 1 N–H and O–H groups in total. The van der Waals surface area contributed by atoms with Crippen LogP contribution in [0.1, 0.15) is 18.9 Å². The molecule has 0 amide bonds. The number of benzene rings is 1. The van der Waals surface area contributed by atoms with E-state index in [9.17, 15) is 8.42 Å². The van der Waals surface area contributed by atoms with Crippen LogP contribution in [0.25, 0.3) is 0 Å². The van der Waals surface area contributed by atoms with Gasteiger partial charge >= 0.3 is 0 Å². The number of guanidine groups is 1. The van der Waals surface area contributed by atoms with Crippen LogP contribution in [0.5, 0.6) is 0 Å². The molecular weight excluding hydrogens is 505 g/mol. The summed E-state index contributed by atoms with van der Waals surface area (Å²) in [4.78, 5) is 6.87. The molecule has 1 aromatic carbocycles. The summed E-state index contributed by atoms with van der Waals surface area (Å²) in [6.45, 7) is 7.29. The Hall–Kier alpha value is -0.910. The average molecular weight is 539 g/mol. The molecule has 1 aliphatic heterocycles. The van der Waals surface area contributed by atoms with Crippen molar-refractivity contribution < 1.29 is 17.9 Å². The number of rotatable bonds is 11. The van der Waals surface area contributed by atoms with E-state index >= 15 is 0 Å². The molecule has 0 spiro atoms. The van der Waals surface area contributed by atoms with Gasteiger partial charge in [0.15, 0.2) is 5.96 Å². The van der Waals surface area contributed by atoms with Crippen LogP contribution in [0, 0.1) is 5.92 Å². The molecule has 1 heterocycles. The van der Waals surface area contributed by atoms with E-state index in [1.165, 1.54) is 11.8 Å². The van der Waals surface area contributed by atoms with Crippen molar-refractivity contribution in [2.45, 2.75) is 20.0 Å². The zero-order valence-electron chi connectivity index (χ0n) is 17.4. The fraction of sp³-hybridized carbons (Fsp3) is 0.650. The molecule has 9 heteroatoms. The minimum Gasteiger partial charge on any atom is -0.378 e. The van der Waals surface area contributed by atoms with E-state index in [-0.39, 0.29) is 36.3 Å². The molecule has 0 bridgehead atoms. The summed E-state index contributed by atoms with van der Waals surface area (Å²) in [5, 5.41) is 3.33. The van der Waals surface area contributed by atoms with Gasteiger partial charge in [0.2, 0.25) is 0 Å². The second-order valence-electron chi connectivity index (χ2n) is 7.08. The summed E-state index contributed by atoms with van der Waals surface area (Å²) in [5.74, 6) is 1.44. The maximum atomic E-state index is 11.1. The third-order valence-corrected chi connectivity index (χ3v) is 5.39. The van der Waals surface area contributed by atoms with Gasteiger partial charge in [-0.25, -0.2) is 8.42 Å². The number of hydrogen-bond acceptors (Lipinski definition) is 5. The van der Waals surface area contributed by atoms with Gasteiger partial charge in [-0.05, 0) is 18.9 Å². The number of nitrogens with zero attached hydrogens (tertiary/aromatic N) is 2. The topological polar surface area (TPSA) is 80.2 Å². The van der Waals surface area contributed by atoms with Gasteiger partial charge in [-0.15, -0.1) is 24.0 Å². The van der Waals surface area contributed by atoms with E-state index in [0.29, 0.717) is 25.7 Å². The predicted molar refractivity (Wildman–Crippen MR) is 128 cm³/mol. The Morgan fingerprint density at radius 1 is 1.24 bits per heavy atom. The van der Waals surface area contributed by atoms with Gasteiger partial charge in [-0.3, -0.25) is 4.99 Å². The Labute approximate surface area is 192 Å². The van der Waals surface area contributed by atoms with E-state index < -0.39 is 9.84 Å². The van der Waals surface area contributed by atoms with Gasteiger partial charge in [0.1, 0.15) is 9.84 Å². The molecule has 7 nitrogen and oxygen atoms in total. The average Bonchev–Trinajstić information content (AvgIpc) is 3.12. The maximum Gasteiger partial charge on any atom is 0.194 e. The lowest BCUT2D eigenvalue weighted by molar-refractivity contribution is 0.0906. The van der Waals surface area contributed by atoms with Crippen molar-refractivity contribution in [3.8, 4) is 0 Å². The Morgan fingerprint density at radius 2 is 2.00 bits per heavy atom. The highest BCUT2D eigenvalue weighted by atomic mass is 127. The van der Waals surface area contributed by atoms with E-state index in [1.54, 1.807) is 0 Å². The van der Waals surface area contributed by atoms with E-state index in [0.717, 1.165) is 38.6 Å². The minimum atomic E-state index is -2.97. The number of ether oxygens (including phenoxy) is 2. The lowest BCUT2D eigenvalue weighted by Gasteiger charge is -2.21. The smallest absolute Gasteiger partial charge is 0.194 e. The lowest BCUT2D eigenvalue weighted by atomic mass is 10.1. The van der Waals surface area contributed by atoms with Crippen molar-refractivity contribution in [3.05, 3.63) is 35.9 Å². The van der Waals surface area contributed by atoms with Crippen molar-refractivity contribution in [1.29, 1.82) is 0 Å². The van der Waals surface area contributed by atoms with Crippen LogP contribution in [0.4, 0.5) is 0 Å². The van der Waals surface area contributed by atoms with Gasteiger partial charge in [0.25, 0.3) is 0 Å². The number of sulfone groups is 1. The summed E-state index contributed by atoms with van der Waals surface area (Å²) in [7, 11) is -2.97. The van der Waals surface area contributed by atoms with Gasteiger partial charge in [-0.2, -0.15) is 0 Å². The predicted octanol–water partition coefficient (Wildman–Crippen LogP) is 2.17. The standard InChI is InChI=1S/C20H33N3O4S.HI/c1-3-21-20(22-10-12-26-13-14-28(2,24)25)23-11-9-19(15-23)17-27-16-18-7-5-4-6-8-18;/h4-8,19H,3,9-17H2,1-2H3,(H,21,22);1H. The van der Waals surface area contributed by atoms with Crippen LogP contribution in [0.15, 0.2) is 35.3 Å². The molecule has 1 aliphatic rings. The van der Waals surface area contributed by atoms with Gasteiger partial charge in [-0.1, -0.05) is 30.3 Å². The van der Waals surface area contributed by atoms with Crippen molar-refractivity contribution >= 4 is 39.8 Å². The maximum absolute atomic E-state index is 11.1. The van der Waals surface area contributed by atoms with E-state index in [1.807, 2.05) is 18.2 Å². The molecule has 2 rings (SSSR count). The Balaban J connectivity index is 0.00000420. The molecule has 29 heavy (non-hydrogen) atoms. The molecule has 1 saturated heterocycles. The summed E-state index contributed by atoms with van der Waals surface area (Å²) in [5.41, 5.74) is 1.20. The monoisotopic (exact) mass is 539 g/mol. The quantitative estimate of drug-likeness (QED) is 0.201. The highest BCUT2D eigenvalue weighted by Gasteiger charge is 2.24. The first-order chi connectivity index (χ1) is 13.5. The fourth-order valence-electron chi connectivity index (χ4n) is 3.03. The molecule has 1 fully saturated rings. The highest BCUT2D eigenvalue weighted by Crippen LogP contribution is 2.17. The second-order valence-corrected chi connectivity index (χ2v) is 9.34. The lowest BCUT2D eigenvalue weighted by Crippen LogP contribution is -2.40. The number of likely N-dealkylation sites (tertiary alicyclic amines) is 1. The molecule has 0 saturated carbocycles. The van der Waals surface area contributed by atoms with Crippen LogP contribution in [-0.2, 0) is 25.9 Å². The van der Waals surface area contributed by atoms with Gasteiger partial charge < -0.3 is 19.7 Å². The van der Waals surface area contributed by atoms with Crippen molar-refractivity contribution in [1.82, 2.24) is 10.2 Å². The fourth-order valence-corrected chi connectivity index (χ4v) is 3.45. The number of halogens is 1. The number of aliphatic imine (C=N–C) groups is 1. The summed E-state index contributed by atoms with van der Waals surface area (Å²) in [6, 6.07) is 10.2. The Kier molecular flexibility index (Phi) is 12.8. The zero-order valence-corrected chi connectivity index (χ0v) is 20.5. The Bertz CT molecular complexity index is 701. The van der Waals surface area contributed by atoms with Crippen LogP contribution in [0.3, 0.4) is 0 Å². The van der Waals surface area contributed by atoms with Crippen LogP contribution >= 0.6 is 24.0 Å². The largest absolute Gasteiger partial charge is 0.378 e. The van der Waals surface area contributed by atoms with Gasteiger partial charge in [0.05, 0.1) is 38.7 Å². The van der Waals surface area contributed by atoms with Crippen LogP contribution in [0.2, 0.25) is 0 Å². The van der Waals surface area contributed by atoms with Gasteiger partial charge in [0, 0.05) is 31.8 Å². The summed E-state index contributed by atoms with van der Waals surface area (Å²) >= 11 is 0. The van der Waals surface area contributed by atoms with Crippen molar-refractivity contribution in [3.63, 3.8) is 0 Å². The molecule has 0 aliphatic carbocycles. The first kappa shape index (κ1) is 26.1. The SMILES string of the molecule is CCNC(=NCCOCCS(C)(=O)=O)N1CCC(COCc2ccccc2)C1.I. The third-order valence-electron chi connectivity index (χ3n) is 4.48. The molecule has 1 atom stereocenters. The highest BCUT2D eigenvalue weighted by molar-refractivity contribution is 14.0. The Morgan fingerprint density at radius 3 is 2.69 bits per heavy atom. The second kappa shape index (κ2) is 14.2. The summed E-state index contributed by atoms with van der Waals surface area (Å²) < 4.78 is 33.4. The minimum absolute atomic E-state index is 0. The molecular formula is C20H34IN3O4S. The third kappa shape index (κ3) is 11.2. The molecule has 0 radical (unpaired) electrons. The molecule has 166 valence electrons. The van der Waals surface area contributed by atoms with Crippen molar-refractivity contribution in [2.24, 2.45) is 10.9 Å². The summed E-state index contributed by atoms with van der Waals surface area (Å²) in [6.07, 6.45) is 2.30. The first-order valence-corrected chi connectivity index (χ1v) is 11.9. The van der Waals surface area contributed by atoms with E-state index in [2.05, 4.69) is 34.3 Å². The zero-order chi connectivity index (χ0) is 20.2. The number of nitrogens with one attached hydrogen (secondary N) is 1. The first-order valence-electron chi connectivity index (χ1n) is 9.88. The molecule has 0 aromatic heterocycles. The van der Waals surface area contributed by atoms with E-state index in [4.69, 9.17) is 9.47 Å². The molecule has 1 unspecified atom stereocenters. The van der Waals surface area contributed by atoms with Crippen molar-refractivity contribution in [2.75, 3.05) is 58.0 Å². The molecule has 1 aromatic rings.